The van der Waals surface area contributed by atoms with Crippen molar-refractivity contribution in [2.45, 2.75) is 32.7 Å². The summed E-state index contributed by atoms with van der Waals surface area (Å²) in [5, 5.41) is 5.52. The van der Waals surface area contributed by atoms with E-state index in [0.29, 0.717) is 12.5 Å². The van der Waals surface area contributed by atoms with Crippen LogP contribution in [0.25, 0.3) is 0 Å². The van der Waals surface area contributed by atoms with E-state index in [2.05, 4.69) is 10.6 Å². The molecule has 0 saturated heterocycles. The summed E-state index contributed by atoms with van der Waals surface area (Å²) in [6.07, 6.45) is 0. The minimum absolute atomic E-state index is 0.180. The Morgan fingerprint density at radius 1 is 1.10 bits per heavy atom. The predicted octanol–water partition coefficient (Wildman–Crippen LogP) is 1.01. The highest BCUT2D eigenvalue weighted by molar-refractivity contribution is 5.90. The Hall–Kier alpha value is -1.88. The lowest BCUT2D eigenvalue weighted by Gasteiger charge is -2.19. The second-order valence-electron chi connectivity index (χ2n) is 5.57. The minimum Gasteiger partial charge on any atom is -0.354 e. The molecule has 5 heteroatoms. The van der Waals surface area contributed by atoms with Crippen LogP contribution in [-0.4, -0.2) is 30.9 Å². The number of nitrogens with two attached hydrogens (primary N) is 1. The van der Waals surface area contributed by atoms with Crippen LogP contribution in [0.3, 0.4) is 0 Å². The van der Waals surface area contributed by atoms with Crippen LogP contribution in [0.1, 0.15) is 32.3 Å². The second kappa shape index (κ2) is 8.42. The van der Waals surface area contributed by atoms with Gasteiger partial charge in [-0.2, -0.15) is 0 Å². The molecule has 116 valence electrons. The fourth-order valence-corrected chi connectivity index (χ4v) is 1.92. The van der Waals surface area contributed by atoms with Crippen molar-refractivity contribution in [1.82, 2.24) is 10.6 Å². The number of carbonyl (C=O) groups excluding carboxylic acids is 2. The molecule has 2 unspecified atom stereocenters. The first-order valence-electron chi connectivity index (χ1n) is 7.28. The van der Waals surface area contributed by atoms with Crippen LogP contribution in [-0.2, 0) is 9.59 Å². The lowest BCUT2D eigenvalue weighted by Crippen LogP contribution is -2.47. The summed E-state index contributed by atoms with van der Waals surface area (Å²) in [4.78, 5) is 24.1. The Morgan fingerprint density at radius 3 is 2.24 bits per heavy atom. The number of hydrogen-bond acceptors (Lipinski definition) is 3. The number of nitrogens with one attached hydrogen (secondary N) is 2. The maximum Gasteiger partial charge on any atom is 0.242 e. The van der Waals surface area contributed by atoms with Crippen LogP contribution >= 0.6 is 0 Å². The molecule has 1 aromatic rings. The predicted molar refractivity (Wildman–Crippen MR) is 83.7 cm³/mol. The Kier molecular flexibility index (Phi) is 6.88. The summed E-state index contributed by atoms with van der Waals surface area (Å²) in [5.41, 5.74) is 6.55. The first kappa shape index (κ1) is 17.2. The van der Waals surface area contributed by atoms with Gasteiger partial charge in [-0.1, -0.05) is 44.2 Å². The van der Waals surface area contributed by atoms with E-state index in [4.69, 9.17) is 5.73 Å². The van der Waals surface area contributed by atoms with Gasteiger partial charge in [0.05, 0.1) is 5.92 Å². The van der Waals surface area contributed by atoms with Gasteiger partial charge in [0.15, 0.2) is 0 Å². The van der Waals surface area contributed by atoms with Crippen LogP contribution < -0.4 is 16.4 Å². The van der Waals surface area contributed by atoms with E-state index in [9.17, 15) is 9.59 Å². The molecule has 0 saturated carbocycles. The maximum atomic E-state index is 12.3. The summed E-state index contributed by atoms with van der Waals surface area (Å²) in [6.45, 7) is 6.51. The lowest BCUT2D eigenvalue weighted by molar-refractivity contribution is -0.129. The fraction of sp³-hybridized carbons (Fsp3) is 0.500. The molecule has 1 aromatic carbocycles. The van der Waals surface area contributed by atoms with Crippen molar-refractivity contribution in [3.63, 3.8) is 0 Å². The van der Waals surface area contributed by atoms with E-state index in [1.165, 1.54) is 0 Å². The molecule has 0 fully saturated rings. The topological polar surface area (TPSA) is 84.2 Å². The van der Waals surface area contributed by atoms with Crippen molar-refractivity contribution in [1.29, 1.82) is 0 Å². The van der Waals surface area contributed by atoms with Gasteiger partial charge in [0.2, 0.25) is 11.8 Å². The third-order valence-electron chi connectivity index (χ3n) is 3.19. The summed E-state index contributed by atoms with van der Waals surface area (Å²) >= 11 is 0. The molecular weight excluding hydrogens is 266 g/mol. The molecule has 0 aliphatic heterocycles. The molecular formula is C16H25N3O2. The molecule has 4 N–H and O–H groups in total. The zero-order valence-corrected chi connectivity index (χ0v) is 12.9. The number of amides is 2. The van der Waals surface area contributed by atoms with Crippen LogP contribution in [0.5, 0.6) is 0 Å². The number of carbonyl (C=O) groups is 2. The monoisotopic (exact) mass is 291 g/mol. The first-order chi connectivity index (χ1) is 9.95. The molecule has 2 amide bonds. The van der Waals surface area contributed by atoms with Crippen molar-refractivity contribution in [3.05, 3.63) is 35.9 Å². The average molecular weight is 291 g/mol. The largest absolute Gasteiger partial charge is 0.354 e. The first-order valence-corrected chi connectivity index (χ1v) is 7.28. The van der Waals surface area contributed by atoms with Gasteiger partial charge in [-0.05, 0) is 18.4 Å². The molecule has 2 atom stereocenters. The molecule has 5 nitrogen and oxygen atoms in total. The molecule has 0 aliphatic carbocycles. The number of rotatable bonds is 7. The van der Waals surface area contributed by atoms with Gasteiger partial charge in [-0.15, -0.1) is 0 Å². The lowest BCUT2D eigenvalue weighted by atomic mass is 9.98. The highest BCUT2D eigenvalue weighted by Gasteiger charge is 2.22. The van der Waals surface area contributed by atoms with E-state index in [0.717, 1.165) is 5.56 Å². The Balaban J connectivity index is 2.60. The quantitative estimate of drug-likeness (QED) is 0.701. The molecule has 0 aliphatic rings. The van der Waals surface area contributed by atoms with E-state index in [-0.39, 0.29) is 18.4 Å². The van der Waals surface area contributed by atoms with Gasteiger partial charge >= 0.3 is 0 Å². The van der Waals surface area contributed by atoms with E-state index >= 15 is 0 Å². The maximum absolute atomic E-state index is 12.3. The van der Waals surface area contributed by atoms with E-state index in [1.807, 2.05) is 44.2 Å². The van der Waals surface area contributed by atoms with Gasteiger partial charge < -0.3 is 16.4 Å². The van der Waals surface area contributed by atoms with Gasteiger partial charge in [-0.3, -0.25) is 9.59 Å². The van der Waals surface area contributed by atoms with Crippen LogP contribution in [0.15, 0.2) is 30.3 Å². The van der Waals surface area contributed by atoms with Gasteiger partial charge in [0, 0.05) is 13.1 Å². The summed E-state index contributed by atoms with van der Waals surface area (Å²) in [5.74, 6) is -0.471. The normalized spacial score (nSPS) is 13.6. The molecule has 0 bridgehead atoms. The Bertz CT molecular complexity index is 460. The van der Waals surface area contributed by atoms with Crippen LogP contribution in [0.2, 0.25) is 0 Å². The zero-order chi connectivity index (χ0) is 15.8. The summed E-state index contributed by atoms with van der Waals surface area (Å²) < 4.78 is 0. The molecule has 21 heavy (non-hydrogen) atoms. The SMILES string of the molecule is CC(C)CNC(=O)C(C)NC(=O)C(CN)c1ccccc1. The van der Waals surface area contributed by atoms with Crippen LogP contribution in [0.4, 0.5) is 0 Å². The summed E-state index contributed by atoms with van der Waals surface area (Å²) in [7, 11) is 0. The fourth-order valence-electron chi connectivity index (χ4n) is 1.92. The molecule has 0 spiro atoms. The zero-order valence-electron chi connectivity index (χ0n) is 12.9. The van der Waals surface area contributed by atoms with Crippen LogP contribution in [0, 0.1) is 5.92 Å². The van der Waals surface area contributed by atoms with Crippen molar-refractivity contribution >= 4 is 11.8 Å². The molecule has 0 heterocycles. The van der Waals surface area contributed by atoms with Crippen molar-refractivity contribution in [3.8, 4) is 0 Å². The Labute approximate surface area is 126 Å². The van der Waals surface area contributed by atoms with E-state index in [1.54, 1.807) is 6.92 Å². The third-order valence-corrected chi connectivity index (χ3v) is 3.19. The second-order valence-corrected chi connectivity index (χ2v) is 5.57. The van der Waals surface area contributed by atoms with Gasteiger partial charge in [0.1, 0.15) is 6.04 Å². The average Bonchev–Trinajstić information content (AvgIpc) is 2.46. The molecule has 0 radical (unpaired) electrons. The van der Waals surface area contributed by atoms with Crippen molar-refractivity contribution in [2.75, 3.05) is 13.1 Å². The molecule has 1 rings (SSSR count). The highest BCUT2D eigenvalue weighted by Crippen LogP contribution is 2.14. The number of hydrogen-bond donors (Lipinski definition) is 3. The minimum atomic E-state index is -0.575. The summed E-state index contributed by atoms with van der Waals surface area (Å²) in [6, 6.07) is 8.76. The van der Waals surface area contributed by atoms with E-state index < -0.39 is 12.0 Å². The smallest absolute Gasteiger partial charge is 0.242 e. The third kappa shape index (κ3) is 5.55. The Morgan fingerprint density at radius 2 is 1.71 bits per heavy atom. The molecule has 0 aromatic heterocycles. The highest BCUT2D eigenvalue weighted by atomic mass is 16.2. The van der Waals surface area contributed by atoms with Crippen molar-refractivity contribution < 1.29 is 9.59 Å². The number of benzene rings is 1. The van der Waals surface area contributed by atoms with Crippen molar-refractivity contribution in [2.24, 2.45) is 11.7 Å². The standard InChI is InChI=1S/C16H25N3O2/c1-11(2)10-18-15(20)12(3)19-16(21)14(9-17)13-7-5-4-6-8-13/h4-8,11-12,14H,9-10,17H2,1-3H3,(H,18,20)(H,19,21). The van der Waals surface area contributed by atoms with Gasteiger partial charge in [-0.25, -0.2) is 0 Å². The van der Waals surface area contributed by atoms with Gasteiger partial charge in [0.25, 0.3) is 0 Å².